The van der Waals surface area contributed by atoms with Crippen LogP contribution in [-0.4, -0.2) is 27.6 Å². The second-order valence-electron chi connectivity index (χ2n) is 5.96. The third-order valence-corrected chi connectivity index (χ3v) is 4.03. The van der Waals surface area contributed by atoms with Gasteiger partial charge >= 0.3 is 5.97 Å². The van der Waals surface area contributed by atoms with Gasteiger partial charge in [-0.25, -0.2) is 4.79 Å². The average Bonchev–Trinajstić information content (AvgIpc) is 2.57. The molecule has 1 heterocycles. The first-order valence-corrected chi connectivity index (χ1v) is 8.18. The van der Waals surface area contributed by atoms with Crippen molar-refractivity contribution in [2.45, 2.75) is 38.8 Å². The number of aromatic nitrogens is 1. The van der Waals surface area contributed by atoms with E-state index in [0.717, 1.165) is 11.1 Å². The summed E-state index contributed by atoms with van der Waals surface area (Å²) in [4.78, 5) is 36.2. The highest BCUT2D eigenvalue weighted by molar-refractivity contribution is 5.86. The number of pyridine rings is 1. The topological polar surface area (TPSA) is 88.4 Å². The summed E-state index contributed by atoms with van der Waals surface area (Å²) in [5.41, 5.74) is 1.34. The number of nitrogens with zero attached hydrogens (tertiary/aromatic N) is 1. The van der Waals surface area contributed by atoms with Crippen LogP contribution >= 0.6 is 0 Å². The zero-order chi connectivity index (χ0) is 18.4. The molecule has 2 rings (SSSR count). The summed E-state index contributed by atoms with van der Waals surface area (Å²) in [5, 5.41) is 12.0. The van der Waals surface area contributed by atoms with E-state index in [9.17, 15) is 19.5 Å². The number of aryl methyl sites for hydroxylation is 1. The van der Waals surface area contributed by atoms with E-state index in [1.165, 1.54) is 10.6 Å². The smallest absolute Gasteiger partial charge is 0.326 e. The fourth-order valence-corrected chi connectivity index (χ4v) is 2.67. The summed E-state index contributed by atoms with van der Waals surface area (Å²) in [6, 6.07) is 10.5. The van der Waals surface area contributed by atoms with Crippen molar-refractivity contribution in [1.29, 1.82) is 0 Å². The lowest BCUT2D eigenvalue weighted by molar-refractivity contribution is -0.142. The summed E-state index contributed by atoms with van der Waals surface area (Å²) < 4.78 is 1.34. The number of benzene rings is 1. The third kappa shape index (κ3) is 4.79. The number of aliphatic carboxylic acids is 1. The monoisotopic (exact) mass is 342 g/mol. The van der Waals surface area contributed by atoms with Crippen LogP contribution in [0.2, 0.25) is 0 Å². The van der Waals surface area contributed by atoms with Gasteiger partial charge < -0.3 is 15.0 Å². The Kier molecular flexibility index (Phi) is 6.11. The Morgan fingerprint density at radius 2 is 1.88 bits per heavy atom. The van der Waals surface area contributed by atoms with Crippen molar-refractivity contribution in [2.75, 3.05) is 0 Å². The minimum Gasteiger partial charge on any atom is -0.480 e. The van der Waals surface area contributed by atoms with Crippen molar-refractivity contribution in [2.24, 2.45) is 0 Å². The first-order valence-electron chi connectivity index (χ1n) is 8.18. The number of carbonyl (C=O) groups is 2. The minimum atomic E-state index is -1.11. The number of carboxylic acids is 1. The van der Waals surface area contributed by atoms with Crippen molar-refractivity contribution in [1.82, 2.24) is 9.88 Å². The molecule has 2 aromatic rings. The van der Waals surface area contributed by atoms with Crippen LogP contribution in [0.3, 0.4) is 0 Å². The van der Waals surface area contributed by atoms with E-state index in [4.69, 9.17) is 0 Å². The summed E-state index contributed by atoms with van der Waals surface area (Å²) >= 11 is 0. The zero-order valence-corrected chi connectivity index (χ0v) is 14.3. The highest BCUT2D eigenvalue weighted by atomic mass is 16.4. The lowest BCUT2D eigenvalue weighted by Crippen LogP contribution is -2.46. The molecule has 1 aromatic carbocycles. The van der Waals surface area contributed by atoms with Gasteiger partial charge in [-0.1, -0.05) is 37.3 Å². The molecule has 6 nitrogen and oxygen atoms in total. The van der Waals surface area contributed by atoms with E-state index < -0.39 is 24.0 Å². The molecular formula is C19H22N2O4. The van der Waals surface area contributed by atoms with Crippen molar-refractivity contribution in [3.8, 4) is 0 Å². The minimum absolute atomic E-state index is 0.182. The highest BCUT2D eigenvalue weighted by Crippen LogP contribution is 2.11. The van der Waals surface area contributed by atoms with Crippen LogP contribution in [0.1, 0.15) is 30.5 Å². The molecule has 25 heavy (non-hydrogen) atoms. The fourth-order valence-electron chi connectivity index (χ4n) is 2.67. The molecule has 6 heteroatoms. The molecule has 2 N–H and O–H groups in total. The average molecular weight is 342 g/mol. The standard InChI is InChI=1S/C19H22N2O4/c1-3-16(21-10-9-13(2)11-17(21)22)18(23)20-15(19(24)25)12-14-7-5-4-6-8-14/h4-11,15-16H,3,12H2,1-2H3,(H,20,23)(H,24,25). The molecule has 0 aliphatic rings. The largest absolute Gasteiger partial charge is 0.480 e. The molecule has 0 bridgehead atoms. The van der Waals surface area contributed by atoms with Gasteiger partial charge in [0.15, 0.2) is 0 Å². The first kappa shape index (κ1) is 18.4. The molecular weight excluding hydrogens is 320 g/mol. The van der Waals surface area contributed by atoms with E-state index in [-0.39, 0.29) is 12.0 Å². The summed E-state index contributed by atoms with van der Waals surface area (Å²) in [7, 11) is 0. The number of nitrogens with one attached hydrogen (secondary N) is 1. The number of amides is 1. The lowest BCUT2D eigenvalue weighted by Gasteiger charge is -2.21. The maximum atomic E-state index is 12.6. The Hall–Kier alpha value is -2.89. The number of carboxylic acid groups (broad SMARTS) is 1. The molecule has 0 saturated heterocycles. The predicted octanol–water partition coefficient (Wildman–Crippen LogP) is 1.92. The van der Waals surface area contributed by atoms with Crippen molar-refractivity contribution >= 4 is 11.9 Å². The van der Waals surface area contributed by atoms with Crippen LogP contribution in [0.4, 0.5) is 0 Å². The quantitative estimate of drug-likeness (QED) is 0.805. The van der Waals surface area contributed by atoms with Gasteiger partial charge in [-0.05, 0) is 30.5 Å². The van der Waals surface area contributed by atoms with Crippen molar-refractivity contribution in [3.63, 3.8) is 0 Å². The molecule has 0 radical (unpaired) electrons. The third-order valence-electron chi connectivity index (χ3n) is 4.03. The summed E-state index contributed by atoms with van der Waals surface area (Å²) in [5.74, 6) is -1.58. The molecule has 0 aliphatic carbocycles. The van der Waals surface area contributed by atoms with E-state index in [2.05, 4.69) is 5.32 Å². The predicted molar refractivity (Wildman–Crippen MR) is 94.5 cm³/mol. The van der Waals surface area contributed by atoms with Crippen LogP contribution in [0, 0.1) is 6.92 Å². The molecule has 132 valence electrons. The SMILES string of the molecule is CCC(C(=O)NC(Cc1ccccc1)C(=O)O)n1ccc(C)cc1=O. The van der Waals surface area contributed by atoms with Gasteiger partial charge in [-0.3, -0.25) is 9.59 Å². The number of carbonyl (C=O) groups excluding carboxylic acids is 1. The van der Waals surface area contributed by atoms with Gasteiger partial charge in [-0.15, -0.1) is 0 Å². The summed E-state index contributed by atoms with van der Waals surface area (Å²) in [6.07, 6.45) is 2.13. The Bertz CT molecular complexity index is 799. The Labute approximate surface area is 146 Å². The second kappa shape index (κ2) is 8.28. The zero-order valence-electron chi connectivity index (χ0n) is 14.3. The van der Waals surface area contributed by atoms with Gasteiger partial charge in [0.05, 0.1) is 0 Å². The van der Waals surface area contributed by atoms with E-state index in [1.54, 1.807) is 26.1 Å². The first-order chi connectivity index (χ1) is 11.9. The van der Waals surface area contributed by atoms with Crippen LogP contribution in [0.25, 0.3) is 0 Å². The molecule has 0 fully saturated rings. The number of hydrogen-bond acceptors (Lipinski definition) is 3. The van der Waals surface area contributed by atoms with Crippen molar-refractivity contribution < 1.29 is 14.7 Å². The van der Waals surface area contributed by atoms with E-state index in [0.29, 0.717) is 6.42 Å². The second-order valence-corrected chi connectivity index (χ2v) is 5.96. The van der Waals surface area contributed by atoms with E-state index in [1.807, 2.05) is 30.3 Å². The molecule has 0 saturated carbocycles. The van der Waals surface area contributed by atoms with Gasteiger partial charge in [0.1, 0.15) is 12.1 Å². The maximum Gasteiger partial charge on any atom is 0.326 e. The van der Waals surface area contributed by atoms with Gasteiger partial charge in [0, 0.05) is 18.7 Å². The molecule has 1 aromatic heterocycles. The Morgan fingerprint density at radius 3 is 2.44 bits per heavy atom. The molecule has 2 atom stereocenters. The molecule has 0 aliphatic heterocycles. The Morgan fingerprint density at radius 1 is 1.20 bits per heavy atom. The van der Waals surface area contributed by atoms with Crippen LogP contribution in [0.15, 0.2) is 53.5 Å². The maximum absolute atomic E-state index is 12.6. The van der Waals surface area contributed by atoms with Gasteiger partial charge in [0.25, 0.3) is 5.56 Å². The molecule has 0 spiro atoms. The molecule has 1 amide bonds. The molecule has 2 unspecified atom stereocenters. The Balaban J connectivity index is 2.18. The van der Waals surface area contributed by atoms with Gasteiger partial charge in [0.2, 0.25) is 5.91 Å². The number of hydrogen-bond donors (Lipinski definition) is 2. The van der Waals surface area contributed by atoms with Gasteiger partial charge in [-0.2, -0.15) is 0 Å². The van der Waals surface area contributed by atoms with Crippen LogP contribution < -0.4 is 10.9 Å². The lowest BCUT2D eigenvalue weighted by atomic mass is 10.1. The van der Waals surface area contributed by atoms with Crippen molar-refractivity contribution in [3.05, 3.63) is 70.1 Å². The summed E-state index contributed by atoms with van der Waals surface area (Å²) in [6.45, 7) is 3.58. The fraction of sp³-hybridized carbons (Fsp3) is 0.316. The normalized spacial score (nSPS) is 13.0. The number of rotatable bonds is 7. The highest BCUT2D eigenvalue weighted by Gasteiger charge is 2.26. The van der Waals surface area contributed by atoms with Crippen LogP contribution in [-0.2, 0) is 16.0 Å². The van der Waals surface area contributed by atoms with E-state index >= 15 is 0 Å². The van der Waals surface area contributed by atoms with Crippen LogP contribution in [0.5, 0.6) is 0 Å².